The van der Waals surface area contributed by atoms with Gasteiger partial charge in [0, 0.05) is 5.56 Å². The Morgan fingerprint density at radius 1 is 1.10 bits per heavy atom. The number of carbonyl (C=O) groups is 1. The van der Waals surface area contributed by atoms with Crippen molar-refractivity contribution in [3.05, 3.63) is 65.2 Å². The third-order valence-corrected chi connectivity index (χ3v) is 2.72. The van der Waals surface area contributed by atoms with Crippen LogP contribution in [-0.4, -0.2) is 5.91 Å². The fourth-order valence-corrected chi connectivity index (χ4v) is 1.75. The van der Waals surface area contributed by atoms with E-state index in [1.54, 1.807) is 24.3 Å². The molecule has 100 valence electrons. The number of carbonyl (C=O) groups excluding carboxylic acids is 1. The maximum atomic E-state index is 13.4. The second kappa shape index (κ2) is 5.93. The molecule has 0 unspecified atom stereocenters. The molecule has 0 fully saturated rings. The molecule has 0 heterocycles. The molecule has 3 nitrogen and oxygen atoms in total. The van der Waals surface area contributed by atoms with Gasteiger partial charge in [0.1, 0.15) is 17.7 Å². The largest absolute Gasteiger partial charge is 0.325 e. The first kappa shape index (κ1) is 13.7. The number of nitriles is 1. The van der Waals surface area contributed by atoms with Crippen molar-refractivity contribution in [1.82, 2.24) is 0 Å². The van der Waals surface area contributed by atoms with Crippen LogP contribution in [0, 0.1) is 23.0 Å². The zero-order chi connectivity index (χ0) is 14.5. The van der Waals surface area contributed by atoms with Gasteiger partial charge < -0.3 is 5.32 Å². The molecule has 0 aliphatic rings. The van der Waals surface area contributed by atoms with Gasteiger partial charge in [0.05, 0.1) is 17.7 Å². The molecule has 5 heteroatoms. The van der Waals surface area contributed by atoms with E-state index in [0.29, 0.717) is 5.69 Å². The fourth-order valence-electron chi connectivity index (χ4n) is 1.75. The monoisotopic (exact) mass is 272 g/mol. The van der Waals surface area contributed by atoms with Gasteiger partial charge in [-0.05, 0) is 24.3 Å². The number of halogens is 2. The lowest BCUT2D eigenvalue weighted by atomic mass is 10.1. The van der Waals surface area contributed by atoms with Crippen LogP contribution < -0.4 is 5.32 Å². The zero-order valence-electron chi connectivity index (χ0n) is 10.4. The van der Waals surface area contributed by atoms with Crippen molar-refractivity contribution < 1.29 is 13.6 Å². The molecule has 2 aromatic rings. The molecule has 20 heavy (non-hydrogen) atoms. The van der Waals surface area contributed by atoms with Crippen molar-refractivity contribution >= 4 is 11.6 Å². The molecule has 0 radical (unpaired) electrons. The highest BCUT2D eigenvalue weighted by Crippen LogP contribution is 2.16. The summed E-state index contributed by atoms with van der Waals surface area (Å²) in [6, 6.07) is 11.7. The first-order chi connectivity index (χ1) is 9.61. The molecule has 2 aromatic carbocycles. The average molecular weight is 272 g/mol. The van der Waals surface area contributed by atoms with Crippen molar-refractivity contribution in [2.75, 3.05) is 5.32 Å². The molecule has 0 bridgehead atoms. The van der Waals surface area contributed by atoms with Crippen molar-refractivity contribution in [2.45, 2.75) is 6.42 Å². The third-order valence-electron chi connectivity index (χ3n) is 2.72. The summed E-state index contributed by atoms with van der Waals surface area (Å²) in [6.07, 6.45) is -0.432. The summed E-state index contributed by atoms with van der Waals surface area (Å²) < 4.78 is 26.8. The van der Waals surface area contributed by atoms with E-state index >= 15 is 0 Å². The first-order valence-corrected chi connectivity index (χ1v) is 5.83. The zero-order valence-corrected chi connectivity index (χ0v) is 10.4. The van der Waals surface area contributed by atoms with Crippen molar-refractivity contribution in [2.24, 2.45) is 0 Å². The average Bonchev–Trinajstić information content (AvgIpc) is 2.44. The van der Waals surface area contributed by atoms with Gasteiger partial charge in [-0.2, -0.15) is 5.26 Å². The molecular weight excluding hydrogens is 262 g/mol. The lowest BCUT2D eigenvalue weighted by Gasteiger charge is -2.08. The lowest BCUT2D eigenvalue weighted by Crippen LogP contribution is -2.16. The summed E-state index contributed by atoms with van der Waals surface area (Å²) in [4.78, 5) is 11.8. The summed E-state index contributed by atoms with van der Waals surface area (Å²) >= 11 is 0. The molecule has 1 amide bonds. The summed E-state index contributed by atoms with van der Waals surface area (Å²) in [5.41, 5.74) is 0.311. The molecule has 0 spiro atoms. The Hall–Kier alpha value is -2.74. The van der Waals surface area contributed by atoms with Gasteiger partial charge in [0.15, 0.2) is 0 Å². The van der Waals surface area contributed by atoms with Crippen LogP contribution in [0.25, 0.3) is 0 Å². The lowest BCUT2D eigenvalue weighted by molar-refractivity contribution is -0.115. The Labute approximate surface area is 114 Å². The molecule has 1 N–H and O–H groups in total. The van der Waals surface area contributed by atoms with Gasteiger partial charge in [-0.25, -0.2) is 8.78 Å². The van der Waals surface area contributed by atoms with E-state index in [1.165, 1.54) is 6.07 Å². The van der Waals surface area contributed by atoms with Gasteiger partial charge in [-0.15, -0.1) is 0 Å². The van der Waals surface area contributed by atoms with E-state index < -0.39 is 24.0 Å². The van der Waals surface area contributed by atoms with Crippen LogP contribution in [0.15, 0.2) is 42.5 Å². The molecule has 0 aliphatic carbocycles. The molecule has 2 rings (SSSR count). The highest BCUT2D eigenvalue weighted by Gasteiger charge is 2.14. The van der Waals surface area contributed by atoms with Crippen LogP contribution in [-0.2, 0) is 11.2 Å². The SMILES string of the molecule is N#Cc1ccccc1NC(=O)Cc1c(F)cccc1F. The predicted molar refractivity (Wildman–Crippen MR) is 69.8 cm³/mol. The highest BCUT2D eigenvalue weighted by atomic mass is 19.1. The second-order valence-electron chi connectivity index (χ2n) is 4.08. The molecular formula is C15H10F2N2O. The maximum Gasteiger partial charge on any atom is 0.229 e. The Morgan fingerprint density at radius 2 is 1.75 bits per heavy atom. The highest BCUT2D eigenvalue weighted by molar-refractivity contribution is 5.93. The molecule has 0 saturated carbocycles. The number of hydrogen-bond acceptors (Lipinski definition) is 2. The fraction of sp³-hybridized carbons (Fsp3) is 0.0667. The quantitative estimate of drug-likeness (QED) is 0.933. The normalized spacial score (nSPS) is 9.85. The van der Waals surface area contributed by atoms with E-state index in [9.17, 15) is 13.6 Å². The minimum Gasteiger partial charge on any atom is -0.325 e. The Bertz CT molecular complexity index is 672. The summed E-state index contributed by atoms with van der Waals surface area (Å²) in [5.74, 6) is -2.13. The first-order valence-electron chi connectivity index (χ1n) is 5.83. The summed E-state index contributed by atoms with van der Waals surface area (Å²) in [5, 5.41) is 11.4. The van der Waals surface area contributed by atoms with E-state index in [-0.39, 0.29) is 11.1 Å². The van der Waals surface area contributed by atoms with Gasteiger partial charge in [-0.3, -0.25) is 4.79 Å². The van der Waals surface area contributed by atoms with Gasteiger partial charge in [0.25, 0.3) is 0 Å². The van der Waals surface area contributed by atoms with Crippen LogP contribution in [0.5, 0.6) is 0 Å². The third kappa shape index (κ3) is 2.98. The summed E-state index contributed by atoms with van der Waals surface area (Å²) in [7, 11) is 0. The van der Waals surface area contributed by atoms with Crippen LogP contribution in [0.2, 0.25) is 0 Å². The van der Waals surface area contributed by atoms with Crippen LogP contribution >= 0.6 is 0 Å². The maximum absolute atomic E-state index is 13.4. The van der Waals surface area contributed by atoms with Crippen molar-refractivity contribution in [3.8, 4) is 6.07 Å². The topological polar surface area (TPSA) is 52.9 Å². The van der Waals surface area contributed by atoms with Crippen LogP contribution in [0.3, 0.4) is 0 Å². The van der Waals surface area contributed by atoms with Gasteiger partial charge in [0.2, 0.25) is 5.91 Å². The van der Waals surface area contributed by atoms with Crippen LogP contribution in [0.4, 0.5) is 14.5 Å². The van der Waals surface area contributed by atoms with E-state index in [2.05, 4.69) is 5.32 Å². The number of nitrogens with zero attached hydrogens (tertiary/aromatic N) is 1. The minimum absolute atomic E-state index is 0.287. The Kier molecular flexibility index (Phi) is 4.06. The standard InChI is InChI=1S/C15H10F2N2O/c16-12-5-3-6-13(17)11(12)8-15(20)19-14-7-2-1-4-10(14)9-18/h1-7H,8H2,(H,19,20). The number of nitrogens with one attached hydrogen (secondary N) is 1. The Balaban J connectivity index is 2.16. The number of amides is 1. The van der Waals surface area contributed by atoms with Crippen molar-refractivity contribution in [1.29, 1.82) is 5.26 Å². The molecule has 0 aliphatic heterocycles. The number of anilines is 1. The molecule has 0 atom stereocenters. The smallest absolute Gasteiger partial charge is 0.229 e. The van der Waals surface area contributed by atoms with E-state index in [0.717, 1.165) is 12.1 Å². The number of rotatable bonds is 3. The minimum atomic E-state index is -0.770. The van der Waals surface area contributed by atoms with E-state index in [1.807, 2.05) is 6.07 Å². The second-order valence-corrected chi connectivity index (χ2v) is 4.08. The van der Waals surface area contributed by atoms with Gasteiger partial charge in [-0.1, -0.05) is 18.2 Å². The molecule has 0 aromatic heterocycles. The predicted octanol–water partition coefficient (Wildman–Crippen LogP) is 3.02. The number of hydrogen-bond donors (Lipinski definition) is 1. The van der Waals surface area contributed by atoms with Crippen LogP contribution in [0.1, 0.15) is 11.1 Å². The van der Waals surface area contributed by atoms with E-state index in [4.69, 9.17) is 5.26 Å². The number of para-hydroxylation sites is 1. The summed E-state index contributed by atoms with van der Waals surface area (Å²) in [6.45, 7) is 0. The van der Waals surface area contributed by atoms with Crippen molar-refractivity contribution in [3.63, 3.8) is 0 Å². The number of benzene rings is 2. The Morgan fingerprint density at radius 3 is 2.40 bits per heavy atom. The molecule has 0 saturated heterocycles. The van der Waals surface area contributed by atoms with Gasteiger partial charge >= 0.3 is 0 Å².